The smallest absolute Gasteiger partial charge is 0.237 e. The molecule has 2 aliphatic heterocycles. The summed E-state index contributed by atoms with van der Waals surface area (Å²) in [6.45, 7) is 9.01. The number of thioether (sulfide) groups is 1. The molecule has 32 heavy (non-hydrogen) atoms. The summed E-state index contributed by atoms with van der Waals surface area (Å²) in [5.74, 6) is 0.220. The summed E-state index contributed by atoms with van der Waals surface area (Å²) < 4.78 is 5.93. The highest BCUT2D eigenvalue weighted by molar-refractivity contribution is 7.99. The van der Waals surface area contributed by atoms with Crippen molar-refractivity contribution in [2.45, 2.75) is 108 Å². The van der Waals surface area contributed by atoms with Crippen LogP contribution in [0.5, 0.6) is 0 Å². The third kappa shape index (κ3) is 7.04. The van der Waals surface area contributed by atoms with Crippen LogP contribution in [0.15, 0.2) is 0 Å². The summed E-state index contributed by atoms with van der Waals surface area (Å²) in [4.78, 5) is 15.5. The lowest BCUT2D eigenvalue weighted by atomic mass is 9.88. The first kappa shape index (κ1) is 27.8. The predicted octanol–water partition coefficient (Wildman–Crippen LogP) is 0.949. The molecular weight excluding hydrogens is 432 g/mol. The van der Waals surface area contributed by atoms with E-state index in [0.29, 0.717) is 12.5 Å². The summed E-state index contributed by atoms with van der Waals surface area (Å²) in [6.07, 6.45) is 1.87. The van der Waals surface area contributed by atoms with Gasteiger partial charge in [0.1, 0.15) is 29.9 Å². The van der Waals surface area contributed by atoms with Gasteiger partial charge in [-0.05, 0) is 37.9 Å². The van der Waals surface area contributed by atoms with E-state index in [9.17, 15) is 25.2 Å². The second-order valence-electron chi connectivity index (χ2n) is 9.87. The molecule has 9 heteroatoms. The zero-order valence-corrected chi connectivity index (χ0v) is 21.0. The van der Waals surface area contributed by atoms with Crippen molar-refractivity contribution >= 4 is 17.7 Å². The first-order valence-corrected chi connectivity index (χ1v) is 13.3. The number of carbonyl (C=O) groups is 1. The van der Waals surface area contributed by atoms with Crippen LogP contribution in [0.4, 0.5) is 0 Å². The number of nitrogens with one attached hydrogen (secondary N) is 1. The Kier molecular flexibility index (Phi) is 11.2. The number of aliphatic hydroxyl groups excluding tert-OH is 4. The van der Waals surface area contributed by atoms with Crippen molar-refractivity contribution < 1.29 is 30.0 Å². The maximum absolute atomic E-state index is 13.4. The van der Waals surface area contributed by atoms with Crippen LogP contribution in [0.25, 0.3) is 0 Å². The third-order valence-corrected chi connectivity index (χ3v) is 7.58. The molecule has 5 N–H and O–H groups in total. The second-order valence-corrected chi connectivity index (χ2v) is 10.8. The summed E-state index contributed by atoms with van der Waals surface area (Å²) >= 11 is 1.26. The molecule has 0 aliphatic carbocycles. The van der Waals surface area contributed by atoms with E-state index >= 15 is 0 Å². The summed E-state index contributed by atoms with van der Waals surface area (Å²) in [5.41, 5.74) is -0.683. The van der Waals surface area contributed by atoms with Gasteiger partial charge in [0.2, 0.25) is 5.91 Å². The molecule has 0 aromatic heterocycles. The van der Waals surface area contributed by atoms with Gasteiger partial charge >= 0.3 is 0 Å². The van der Waals surface area contributed by atoms with E-state index in [2.05, 4.69) is 17.1 Å². The Balaban J connectivity index is 2.12. The monoisotopic (exact) mass is 476 g/mol. The van der Waals surface area contributed by atoms with Crippen molar-refractivity contribution in [3.63, 3.8) is 0 Å². The van der Waals surface area contributed by atoms with Gasteiger partial charge in [-0.15, -0.1) is 11.8 Å². The summed E-state index contributed by atoms with van der Waals surface area (Å²) in [7, 11) is 0. The topological polar surface area (TPSA) is 122 Å². The number of nitrogens with zero attached hydrogens (tertiary/aromatic N) is 1. The standard InChI is InChI=1S/C23H44N2O6S/c1-6-7-8-9-15-10-16(25(12-15)11-14(4)26)22(30)24-17(13(2)3)21-19(28)18(27)20(29)23(31-21)32-5/h13-21,23,26-29H,6-12H2,1-5H3,(H,24,30)/t14-,15?,16?,17?,18-,19+,20+,21+,23+/m1/s1. The molecule has 2 fully saturated rings. The van der Waals surface area contributed by atoms with Gasteiger partial charge in [0.15, 0.2) is 0 Å². The average Bonchev–Trinajstić information content (AvgIpc) is 3.12. The SMILES string of the molecule is CCCCCC1CC(C(=O)NC(C(C)C)[C@@H]2O[C@@H](SC)[C@@H](O)[C@H](O)[C@@H]2O)N(C[C@@H](C)O)C1. The number of β-amino-alcohol motifs (C(OH)–C–C–N with tert-alkyl or cyclic N) is 1. The first-order chi connectivity index (χ1) is 15.1. The van der Waals surface area contributed by atoms with Crippen molar-refractivity contribution in [2.75, 3.05) is 19.3 Å². The molecule has 0 spiro atoms. The van der Waals surface area contributed by atoms with E-state index in [4.69, 9.17) is 4.74 Å². The van der Waals surface area contributed by atoms with E-state index in [1.165, 1.54) is 18.2 Å². The lowest BCUT2D eigenvalue weighted by molar-refractivity contribution is -0.208. The predicted molar refractivity (Wildman–Crippen MR) is 126 cm³/mol. The van der Waals surface area contributed by atoms with E-state index in [0.717, 1.165) is 32.2 Å². The molecule has 0 aromatic rings. The van der Waals surface area contributed by atoms with Gasteiger partial charge in [-0.25, -0.2) is 0 Å². The lowest BCUT2D eigenvalue weighted by Crippen LogP contribution is -2.64. The zero-order valence-electron chi connectivity index (χ0n) is 20.2. The molecule has 2 rings (SSSR count). The highest BCUT2D eigenvalue weighted by atomic mass is 32.2. The fourth-order valence-corrected chi connectivity index (χ4v) is 5.64. The number of likely N-dealkylation sites (tertiary alicyclic amines) is 1. The molecule has 2 saturated heterocycles. The van der Waals surface area contributed by atoms with Crippen molar-refractivity contribution in [3.05, 3.63) is 0 Å². The van der Waals surface area contributed by atoms with Crippen molar-refractivity contribution in [3.8, 4) is 0 Å². The van der Waals surface area contributed by atoms with Gasteiger partial charge < -0.3 is 30.5 Å². The lowest BCUT2D eigenvalue weighted by Gasteiger charge is -2.44. The number of amides is 1. The van der Waals surface area contributed by atoms with Crippen LogP contribution in [-0.4, -0.2) is 98.6 Å². The molecule has 8 nitrogen and oxygen atoms in total. The molecule has 1 amide bonds. The van der Waals surface area contributed by atoms with Gasteiger partial charge in [0.05, 0.1) is 18.2 Å². The van der Waals surface area contributed by atoms with E-state index < -0.39 is 42.0 Å². The minimum atomic E-state index is -1.34. The Bertz CT molecular complexity index is 579. The number of carbonyl (C=O) groups excluding carboxylic acids is 1. The molecule has 2 heterocycles. The van der Waals surface area contributed by atoms with Gasteiger partial charge in [0, 0.05) is 13.1 Å². The Morgan fingerprint density at radius 3 is 2.41 bits per heavy atom. The molecule has 3 unspecified atom stereocenters. The minimum Gasteiger partial charge on any atom is -0.392 e. The number of hydrogen-bond donors (Lipinski definition) is 5. The van der Waals surface area contributed by atoms with E-state index in [-0.39, 0.29) is 17.9 Å². The Morgan fingerprint density at radius 2 is 1.84 bits per heavy atom. The van der Waals surface area contributed by atoms with E-state index in [1.807, 2.05) is 13.8 Å². The van der Waals surface area contributed by atoms with Crippen LogP contribution in [0.3, 0.4) is 0 Å². The van der Waals surface area contributed by atoms with Crippen LogP contribution >= 0.6 is 11.8 Å². The molecule has 0 aromatic carbocycles. The quantitative estimate of drug-likeness (QED) is 0.279. The van der Waals surface area contributed by atoms with Crippen LogP contribution in [0.2, 0.25) is 0 Å². The van der Waals surface area contributed by atoms with Crippen molar-refractivity contribution in [2.24, 2.45) is 11.8 Å². The highest BCUT2D eigenvalue weighted by Gasteiger charge is 2.48. The number of rotatable bonds is 11. The van der Waals surface area contributed by atoms with Crippen LogP contribution < -0.4 is 5.32 Å². The van der Waals surface area contributed by atoms with E-state index in [1.54, 1.807) is 13.2 Å². The van der Waals surface area contributed by atoms with Gasteiger partial charge in [-0.3, -0.25) is 9.69 Å². The average molecular weight is 477 g/mol. The fourth-order valence-electron chi connectivity index (χ4n) is 4.96. The van der Waals surface area contributed by atoms with Crippen LogP contribution in [-0.2, 0) is 9.53 Å². The molecule has 9 atom stereocenters. The molecule has 0 radical (unpaired) electrons. The van der Waals surface area contributed by atoms with Gasteiger partial charge in [-0.1, -0.05) is 40.0 Å². The highest BCUT2D eigenvalue weighted by Crippen LogP contribution is 2.32. The second kappa shape index (κ2) is 12.9. The third-order valence-electron chi connectivity index (χ3n) is 6.73. The number of hydrogen-bond acceptors (Lipinski definition) is 8. The van der Waals surface area contributed by atoms with Gasteiger partial charge in [0.25, 0.3) is 0 Å². The fraction of sp³-hybridized carbons (Fsp3) is 0.957. The normalized spacial score (nSPS) is 35.8. The maximum atomic E-state index is 13.4. The van der Waals surface area contributed by atoms with Crippen molar-refractivity contribution in [1.29, 1.82) is 0 Å². The van der Waals surface area contributed by atoms with Gasteiger partial charge in [-0.2, -0.15) is 0 Å². The number of aliphatic hydroxyl groups is 4. The Hall–Kier alpha value is -0.420. The number of ether oxygens (including phenoxy) is 1. The zero-order chi connectivity index (χ0) is 24.0. The van der Waals surface area contributed by atoms with Crippen molar-refractivity contribution in [1.82, 2.24) is 10.2 Å². The molecule has 0 bridgehead atoms. The molecule has 0 saturated carbocycles. The Labute approximate surface area is 197 Å². The molecular formula is C23H44N2O6S. The molecule has 188 valence electrons. The van der Waals surface area contributed by atoms with Crippen LogP contribution in [0, 0.1) is 11.8 Å². The first-order valence-electron chi connectivity index (χ1n) is 12.1. The summed E-state index contributed by atoms with van der Waals surface area (Å²) in [5, 5.41) is 44.1. The maximum Gasteiger partial charge on any atom is 0.237 e. The van der Waals surface area contributed by atoms with Crippen LogP contribution in [0.1, 0.15) is 59.8 Å². The minimum absolute atomic E-state index is 0.0597. The number of unbranched alkanes of at least 4 members (excludes halogenated alkanes) is 2. The summed E-state index contributed by atoms with van der Waals surface area (Å²) in [6, 6.07) is -0.869. The largest absolute Gasteiger partial charge is 0.392 e. The Morgan fingerprint density at radius 1 is 1.16 bits per heavy atom. The molecule has 2 aliphatic rings.